The number of aromatic nitrogens is 2. The van der Waals surface area contributed by atoms with Crippen LogP contribution in [0.3, 0.4) is 0 Å². The molecule has 5 heteroatoms. The molecule has 1 aliphatic carbocycles. The van der Waals surface area contributed by atoms with E-state index in [1.54, 1.807) is 17.5 Å². The predicted molar refractivity (Wildman–Crippen MR) is 92.1 cm³/mol. The average molecular weight is 321 g/mol. The highest BCUT2D eigenvalue weighted by atomic mass is 32.1. The zero-order valence-electron chi connectivity index (χ0n) is 12.4. The summed E-state index contributed by atoms with van der Waals surface area (Å²) in [5.74, 6) is 0.326. The quantitative estimate of drug-likeness (QED) is 0.782. The molecule has 0 radical (unpaired) electrons. The number of hydrogen-bond acceptors (Lipinski definition) is 4. The number of benzene rings is 1. The van der Waals surface area contributed by atoms with Gasteiger partial charge in [0.2, 0.25) is 5.91 Å². The Hall–Kier alpha value is -2.53. The van der Waals surface area contributed by atoms with Gasteiger partial charge < -0.3 is 5.32 Å². The maximum atomic E-state index is 11.9. The van der Waals surface area contributed by atoms with Crippen LogP contribution in [0.15, 0.2) is 54.2 Å². The van der Waals surface area contributed by atoms with Crippen molar-refractivity contribution < 1.29 is 4.79 Å². The van der Waals surface area contributed by atoms with Gasteiger partial charge in [-0.25, -0.2) is 4.98 Å². The molecule has 1 saturated carbocycles. The van der Waals surface area contributed by atoms with Gasteiger partial charge in [0.15, 0.2) is 0 Å². The topological polar surface area (TPSA) is 54.9 Å². The van der Waals surface area contributed by atoms with Crippen LogP contribution < -0.4 is 5.32 Å². The van der Waals surface area contributed by atoms with Crippen LogP contribution in [0.4, 0.5) is 5.69 Å². The summed E-state index contributed by atoms with van der Waals surface area (Å²) >= 11 is 1.59. The molecule has 1 N–H and O–H groups in total. The Morgan fingerprint density at radius 3 is 2.83 bits per heavy atom. The molecule has 23 heavy (non-hydrogen) atoms. The Kier molecular flexibility index (Phi) is 3.63. The highest BCUT2D eigenvalue weighted by Crippen LogP contribution is 2.32. The van der Waals surface area contributed by atoms with Crippen molar-refractivity contribution in [3.05, 3.63) is 54.2 Å². The highest BCUT2D eigenvalue weighted by molar-refractivity contribution is 7.13. The largest absolute Gasteiger partial charge is 0.326 e. The molecule has 2 heterocycles. The molecule has 4 rings (SSSR count). The zero-order chi connectivity index (χ0) is 15.6. The minimum atomic E-state index is 0.122. The molecule has 3 aromatic rings. The summed E-state index contributed by atoms with van der Waals surface area (Å²) in [5.41, 5.74) is 3.76. The van der Waals surface area contributed by atoms with Crippen molar-refractivity contribution in [2.24, 2.45) is 5.92 Å². The van der Waals surface area contributed by atoms with Crippen molar-refractivity contribution in [2.75, 3.05) is 5.32 Å². The fraction of sp³-hybridized carbons (Fsp3) is 0.167. The first-order chi connectivity index (χ1) is 11.3. The summed E-state index contributed by atoms with van der Waals surface area (Å²) in [7, 11) is 0. The van der Waals surface area contributed by atoms with Gasteiger partial charge in [-0.2, -0.15) is 0 Å². The van der Waals surface area contributed by atoms with Gasteiger partial charge in [-0.15, -0.1) is 11.3 Å². The second-order valence-electron chi connectivity index (χ2n) is 5.62. The number of nitrogens with zero attached hydrogens (tertiary/aromatic N) is 2. The number of nitrogens with one attached hydrogen (secondary N) is 1. The van der Waals surface area contributed by atoms with Gasteiger partial charge in [0.1, 0.15) is 5.01 Å². The molecular weight excluding hydrogens is 306 g/mol. The highest BCUT2D eigenvalue weighted by Gasteiger charge is 2.29. The van der Waals surface area contributed by atoms with Gasteiger partial charge in [0.25, 0.3) is 0 Å². The third-order valence-electron chi connectivity index (χ3n) is 3.79. The first kappa shape index (κ1) is 14.1. The number of anilines is 1. The van der Waals surface area contributed by atoms with Crippen molar-refractivity contribution in [1.82, 2.24) is 9.97 Å². The third kappa shape index (κ3) is 3.14. The van der Waals surface area contributed by atoms with Crippen LogP contribution in [0.5, 0.6) is 0 Å². The number of thiazole rings is 1. The Labute approximate surface area is 138 Å². The third-order valence-corrected chi connectivity index (χ3v) is 4.68. The number of carbonyl (C=O) groups is 1. The summed E-state index contributed by atoms with van der Waals surface area (Å²) in [6, 6.07) is 11.8. The number of carbonyl (C=O) groups excluding carboxylic acids is 1. The molecule has 1 amide bonds. The second kappa shape index (κ2) is 5.93. The lowest BCUT2D eigenvalue weighted by Crippen LogP contribution is -2.13. The summed E-state index contributed by atoms with van der Waals surface area (Å²) in [4.78, 5) is 20.7. The lowest BCUT2D eigenvalue weighted by Gasteiger charge is -2.05. The first-order valence-corrected chi connectivity index (χ1v) is 8.45. The molecular formula is C18H15N3OS. The van der Waals surface area contributed by atoms with E-state index in [0.717, 1.165) is 40.4 Å². The molecule has 0 atom stereocenters. The number of hydrogen-bond donors (Lipinski definition) is 1. The normalized spacial score (nSPS) is 13.7. The first-order valence-electron chi connectivity index (χ1n) is 7.57. The van der Waals surface area contributed by atoms with Crippen LogP contribution in [-0.4, -0.2) is 15.9 Å². The molecule has 0 unspecified atom stereocenters. The van der Waals surface area contributed by atoms with Gasteiger partial charge in [-0.1, -0.05) is 12.1 Å². The van der Waals surface area contributed by atoms with E-state index in [-0.39, 0.29) is 11.8 Å². The summed E-state index contributed by atoms with van der Waals surface area (Å²) in [5, 5.41) is 5.96. The molecule has 0 saturated heterocycles. The fourth-order valence-electron chi connectivity index (χ4n) is 2.37. The maximum absolute atomic E-state index is 11.9. The van der Waals surface area contributed by atoms with Crippen molar-refractivity contribution in [1.29, 1.82) is 0 Å². The second-order valence-corrected chi connectivity index (χ2v) is 6.48. The number of amides is 1. The van der Waals surface area contributed by atoms with Gasteiger partial charge in [-0.3, -0.25) is 9.78 Å². The van der Waals surface area contributed by atoms with Gasteiger partial charge in [-0.05, 0) is 37.1 Å². The minimum Gasteiger partial charge on any atom is -0.326 e. The van der Waals surface area contributed by atoms with E-state index >= 15 is 0 Å². The van der Waals surface area contributed by atoms with Gasteiger partial charge in [0, 0.05) is 40.5 Å². The van der Waals surface area contributed by atoms with E-state index < -0.39 is 0 Å². The molecule has 4 nitrogen and oxygen atoms in total. The minimum absolute atomic E-state index is 0.122. The molecule has 1 fully saturated rings. The van der Waals surface area contributed by atoms with Crippen LogP contribution in [0.1, 0.15) is 12.8 Å². The molecule has 1 aliphatic rings. The van der Waals surface area contributed by atoms with Crippen LogP contribution in [-0.2, 0) is 4.79 Å². The Balaban J connectivity index is 1.58. The van der Waals surface area contributed by atoms with Crippen LogP contribution in [0.25, 0.3) is 21.8 Å². The molecule has 1 aromatic carbocycles. The molecule has 0 aliphatic heterocycles. The Morgan fingerprint density at radius 1 is 1.17 bits per heavy atom. The SMILES string of the molecule is O=C(Nc1cccc(-c2csc(-c3cccnc3)n2)c1)C1CC1. The van der Waals surface area contributed by atoms with Crippen molar-refractivity contribution in [2.45, 2.75) is 12.8 Å². The molecule has 0 spiro atoms. The van der Waals surface area contributed by atoms with Crippen molar-refractivity contribution >= 4 is 22.9 Å². The lowest BCUT2D eigenvalue weighted by molar-refractivity contribution is -0.117. The van der Waals surface area contributed by atoms with E-state index in [0.29, 0.717) is 0 Å². The number of rotatable bonds is 4. The van der Waals surface area contributed by atoms with E-state index in [1.165, 1.54) is 0 Å². The van der Waals surface area contributed by atoms with E-state index in [1.807, 2.05) is 48.0 Å². The molecule has 2 aromatic heterocycles. The maximum Gasteiger partial charge on any atom is 0.227 e. The predicted octanol–water partition coefficient (Wildman–Crippen LogP) is 4.22. The smallest absolute Gasteiger partial charge is 0.227 e. The fourth-order valence-corrected chi connectivity index (χ4v) is 3.19. The Bertz CT molecular complexity index is 840. The molecule has 114 valence electrons. The lowest BCUT2D eigenvalue weighted by atomic mass is 10.1. The summed E-state index contributed by atoms with van der Waals surface area (Å²) in [6.45, 7) is 0. The van der Waals surface area contributed by atoms with E-state index in [2.05, 4.69) is 15.3 Å². The summed E-state index contributed by atoms with van der Waals surface area (Å²) < 4.78 is 0. The Morgan fingerprint density at radius 2 is 2.04 bits per heavy atom. The number of pyridine rings is 1. The van der Waals surface area contributed by atoms with Crippen molar-refractivity contribution in [3.8, 4) is 21.8 Å². The van der Waals surface area contributed by atoms with Crippen LogP contribution in [0, 0.1) is 5.92 Å². The van der Waals surface area contributed by atoms with Crippen LogP contribution >= 0.6 is 11.3 Å². The molecule has 0 bridgehead atoms. The van der Waals surface area contributed by atoms with Gasteiger partial charge in [0.05, 0.1) is 5.69 Å². The monoisotopic (exact) mass is 321 g/mol. The standard InChI is InChI=1S/C18H15N3OS/c22-17(12-6-7-12)20-15-5-1-3-13(9-15)16-11-23-18(21-16)14-4-2-8-19-10-14/h1-5,8-12H,6-7H2,(H,20,22). The average Bonchev–Trinajstić information content (AvgIpc) is 3.33. The van der Waals surface area contributed by atoms with E-state index in [4.69, 9.17) is 0 Å². The van der Waals surface area contributed by atoms with Crippen molar-refractivity contribution in [3.63, 3.8) is 0 Å². The zero-order valence-corrected chi connectivity index (χ0v) is 13.2. The van der Waals surface area contributed by atoms with Gasteiger partial charge >= 0.3 is 0 Å². The van der Waals surface area contributed by atoms with E-state index in [9.17, 15) is 4.79 Å². The van der Waals surface area contributed by atoms with Crippen LogP contribution in [0.2, 0.25) is 0 Å². The summed E-state index contributed by atoms with van der Waals surface area (Å²) in [6.07, 6.45) is 5.58.